The van der Waals surface area contributed by atoms with Crippen LogP contribution < -0.4 is 10.6 Å². The summed E-state index contributed by atoms with van der Waals surface area (Å²) in [6.07, 6.45) is 8.14. The van der Waals surface area contributed by atoms with Gasteiger partial charge >= 0.3 is 0 Å². The van der Waals surface area contributed by atoms with Crippen molar-refractivity contribution in [2.45, 2.75) is 79.2 Å². The lowest BCUT2D eigenvalue weighted by atomic mass is 9.88. The average molecular weight is 413 g/mol. The maximum Gasteiger partial charge on any atom is 0.0346 e. The van der Waals surface area contributed by atoms with Crippen molar-refractivity contribution in [3.05, 3.63) is 72.3 Å². The Bertz CT molecular complexity index is 499. The van der Waals surface area contributed by atoms with Gasteiger partial charge in [0, 0.05) is 6.04 Å². The first-order valence-corrected chi connectivity index (χ1v) is 12.3. The van der Waals surface area contributed by atoms with Gasteiger partial charge in [0.1, 0.15) is 0 Å². The highest BCUT2D eigenvalue weighted by Gasteiger charge is 2.21. The zero-order chi connectivity index (χ0) is 22.3. The maximum atomic E-state index is 3.59. The molecule has 2 heteroatoms. The molecular formula is C28H48N2. The molecule has 2 heterocycles. The van der Waals surface area contributed by atoms with Crippen LogP contribution in [0.1, 0.15) is 84.7 Å². The van der Waals surface area contributed by atoms with Crippen molar-refractivity contribution in [2.75, 3.05) is 19.6 Å². The van der Waals surface area contributed by atoms with Crippen molar-refractivity contribution in [2.24, 2.45) is 5.92 Å². The third-order valence-corrected chi connectivity index (χ3v) is 4.80. The molecule has 0 radical (unpaired) electrons. The third kappa shape index (κ3) is 15.2. The summed E-state index contributed by atoms with van der Waals surface area (Å²) in [5.41, 5.74) is 1.44. The topological polar surface area (TPSA) is 24.1 Å². The molecule has 0 bridgehead atoms. The zero-order valence-electron chi connectivity index (χ0n) is 20.4. The van der Waals surface area contributed by atoms with E-state index in [2.05, 4.69) is 61.7 Å². The number of piperidine rings is 2. The Hall–Kier alpha value is -1.64. The van der Waals surface area contributed by atoms with Gasteiger partial charge in [-0.15, -0.1) is 0 Å². The smallest absolute Gasteiger partial charge is 0.0346 e. The lowest BCUT2D eigenvalue weighted by Crippen LogP contribution is -2.32. The van der Waals surface area contributed by atoms with E-state index in [1.54, 1.807) is 0 Å². The minimum atomic E-state index is 0.579. The van der Waals surface area contributed by atoms with Gasteiger partial charge in [0.2, 0.25) is 0 Å². The third-order valence-electron chi connectivity index (χ3n) is 4.80. The minimum absolute atomic E-state index is 0.579. The second-order valence-electron chi connectivity index (χ2n) is 7.63. The van der Waals surface area contributed by atoms with Crippen LogP contribution in [0.2, 0.25) is 0 Å². The molecule has 0 unspecified atom stereocenters. The molecule has 4 rings (SSSR count). The highest BCUT2D eigenvalue weighted by molar-refractivity contribution is 5.19. The second kappa shape index (κ2) is 22.1. The quantitative estimate of drug-likeness (QED) is 0.503. The fourth-order valence-corrected chi connectivity index (χ4v) is 3.34. The average Bonchev–Trinajstić information content (AvgIpc) is 2.85. The molecule has 30 heavy (non-hydrogen) atoms. The normalized spacial score (nSPS) is 19.6. The van der Waals surface area contributed by atoms with E-state index >= 15 is 0 Å². The fraction of sp³-hybridized carbons (Fsp3) is 0.571. The molecule has 2 nitrogen and oxygen atoms in total. The predicted octanol–water partition coefficient (Wildman–Crippen LogP) is 7.64. The van der Waals surface area contributed by atoms with Crippen LogP contribution in [-0.2, 0) is 0 Å². The van der Waals surface area contributed by atoms with Crippen LogP contribution in [0.4, 0.5) is 0 Å². The Morgan fingerprint density at radius 3 is 1.53 bits per heavy atom. The van der Waals surface area contributed by atoms with Crippen molar-refractivity contribution in [3.63, 3.8) is 0 Å². The van der Waals surface area contributed by atoms with Gasteiger partial charge in [-0.3, -0.25) is 0 Å². The Morgan fingerprint density at radius 2 is 1.17 bits per heavy atom. The highest BCUT2D eigenvalue weighted by atomic mass is 14.9. The molecule has 2 aromatic rings. The van der Waals surface area contributed by atoms with E-state index in [0.717, 1.165) is 5.92 Å². The van der Waals surface area contributed by atoms with Crippen LogP contribution in [0.3, 0.4) is 0 Å². The fourth-order valence-electron chi connectivity index (χ4n) is 3.34. The van der Waals surface area contributed by atoms with Gasteiger partial charge in [-0.25, -0.2) is 0 Å². The Kier molecular flexibility index (Phi) is 20.8. The molecule has 2 fully saturated rings. The van der Waals surface area contributed by atoms with Gasteiger partial charge in [-0.1, -0.05) is 114 Å². The molecule has 0 spiro atoms. The van der Waals surface area contributed by atoms with E-state index in [4.69, 9.17) is 0 Å². The van der Waals surface area contributed by atoms with Crippen LogP contribution >= 0.6 is 0 Å². The van der Waals surface area contributed by atoms with E-state index in [-0.39, 0.29) is 0 Å². The van der Waals surface area contributed by atoms with Gasteiger partial charge < -0.3 is 10.6 Å². The number of benzene rings is 2. The number of nitrogens with one attached hydrogen (secondary N) is 2. The number of hydrogen-bond donors (Lipinski definition) is 2. The summed E-state index contributed by atoms with van der Waals surface area (Å²) in [4.78, 5) is 0. The molecule has 170 valence electrons. The van der Waals surface area contributed by atoms with Gasteiger partial charge in [0.15, 0.2) is 0 Å². The van der Waals surface area contributed by atoms with E-state index in [9.17, 15) is 0 Å². The number of hydrogen-bond acceptors (Lipinski definition) is 2. The van der Waals surface area contributed by atoms with E-state index in [0.29, 0.717) is 6.04 Å². The molecule has 2 aromatic carbocycles. The first-order valence-electron chi connectivity index (χ1n) is 12.3. The van der Waals surface area contributed by atoms with Crippen molar-refractivity contribution in [1.29, 1.82) is 0 Å². The summed E-state index contributed by atoms with van der Waals surface area (Å²) in [7, 11) is 0. The first-order chi connectivity index (χ1) is 14.8. The van der Waals surface area contributed by atoms with Crippen LogP contribution in [0.25, 0.3) is 0 Å². The van der Waals surface area contributed by atoms with Crippen molar-refractivity contribution >= 4 is 0 Å². The maximum absolute atomic E-state index is 3.59. The summed E-state index contributed by atoms with van der Waals surface area (Å²) in [5.74, 6) is 0.774. The van der Waals surface area contributed by atoms with E-state index in [1.165, 1.54) is 63.7 Å². The summed E-state index contributed by atoms with van der Waals surface area (Å²) < 4.78 is 0. The Morgan fingerprint density at radius 1 is 0.700 bits per heavy atom. The minimum Gasteiger partial charge on any atom is -0.317 e. The van der Waals surface area contributed by atoms with Gasteiger partial charge in [0.25, 0.3) is 0 Å². The highest BCUT2D eigenvalue weighted by Crippen LogP contribution is 2.28. The van der Waals surface area contributed by atoms with Crippen LogP contribution in [0.5, 0.6) is 0 Å². The predicted molar refractivity (Wildman–Crippen MR) is 136 cm³/mol. The zero-order valence-corrected chi connectivity index (χ0v) is 20.4. The van der Waals surface area contributed by atoms with Gasteiger partial charge in [0.05, 0.1) is 0 Å². The largest absolute Gasteiger partial charge is 0.317 e. The second-order valence-corrected chi connectivity index (χ2v) is 7.63. The summed E-state index contributed by atoms with van der Waals surface area (Å²) in [5, 5.41) is 6.87. The SMILES string of the molecule is C1CCNCC1.CC.CCC.C[C@H]1CCCN[C@H]1c1ccccc1.c1ccccc1. The Balaban J connectivity index is 0.000000416. The summed E-state index contributed by atoms with van der Waals surface area (Å²) in [6, 6.07) is 23.3. The van der Waals surface area contributed by atoms with Crippen LogP contribution in [0.15, 0.2) is 66.7 Å². The first kappa shape index (κ1) is 28.4. The summed E-state index contributed by atoms with van der Waals surface area (Å²) in [6.45, 7) is 14.3. The monoisotopic (exact) mass is 412 g/mol. The molecule has 2 atom stereocenters. The molecule has 2 aliphatic heterocycles. The van der Waals surface area contributed by atoms with E-state index in [1.807, 2.05) is 50.2 Å². The van der Waals surface area contributed by atoms with Gasteiger partial charge in [-0.2, -0.15) is 0 Å². The number of rotatable bonds is 1. The lowest BCUT2D eigenvalue weighted by Gasteiger charge is -2.30. The molecule has 2 aliphatic rings. The molecule has 2 saturated heterocycles. The molecular weight excluding hydrogens is 364 g/mol. The molecule has 0 aromatic heterocycles. The lowest BCUT2D eigenvalue weighted by molar-refractivity contribution is 0.306. The van der Waals surface area contributed by atoms with Crippen LogP contribution in [0, 0.1) is 5.92 Å². The van der Waals surface area contributed by atoms with Crippen molar-refractivity contribution in [1.82, 2.24) is 10.6 Å². The molecule has 0 saturated carbocycles. The molecule has 0 aliphatic carbocycles. The van der Waals surface area contributed by atoms with Gasteiger partial charge in [-0.05, 0) is 56.8 Å². The van der Waals surface area contributed by atoms with Crippen molar-refractivity contribution < 1.29 is 0 Å². The molecule has 0 amide bonds. The standard InChI is InChI=1S/C12H17N.C6H6.C5H11N.C3H8.C2H6/c1-10-6-5-9-13-12(10)11-7-3-2-4-8-11;2*1-2-4-6-5-3-1;1-3-2;1-2/h2-4,7-8,10,12-13H,5-6,9H2,1H3;1-6H;6H,1-5H2;3H2,1-2H3;1-2H3/t10-,12+;;;;/m0..../s1. The molecule has 2 N–H and O–H groups in total. The van der Waals surface area contributed by atoms with Crippen molar-refractivity contribution in [3.8, 4) is 0 Å². The summed E-state index contributed by atoms with van der Waals surface area (Å²) >= 11 is 0. The van der Waals surface area contributed by atoms with Crippen LogP contribution in [-0.4, -0.2) is 19.6 Å². The Labute approximate surface area is 187 Å². The van der Waals surface area contributed by atoms with E-state index < -0.39 is 0 Å².